The Bertz CT molecular complexity index is 642. The topological polar surface area (TPSA) is 66.7 Å². The van der Waals surface area contributed by atoms with Gasteiger partial charge >= 0.3 is 0 Å². The first kappa shape index (κ1) is 15.9. The van der Waals surface area contributed by atoms with E-state index in [0.717, 1.165) is 45.4 Å². The summed E-state index contributed by atoms with van der Waals surface area (Å²) in [6, 6.07) is 4.78. The maximum Gasteiger partial charge on any atom is 0.273 e. The van der Waals surface area contributed by atoms with Crippen LogP contribution < -0.4 is 0 Å². The number of nitro benzene ring substituents is 1. The fourth-order valence-corrected chi connectivity index (χ4v) is 3.99. The number of amides is 1. The fraction of sp³-hybridized carbons (Fsp3) is 0.588. The third-order valence-electron chi connectivity index (χ3n) is 5.23. The Balaban J connectivity index is 1.80. The molecule has 0 saturated carbocycles. The van der Waals surface area contributed by atoms with E-state index in [1.165, 1.54) is 6.07 Å². The van der Waals surface area contributed by atoms with Gasteiger partial charge in [0.25, 0.3) is 11.6 Å². The molecule has 6 nitrogen and oxygen atoms in total. The molecule has 2 aliphatic heterocycles. The van der Waals surface area contributed by atoms with Crippen LogP contribution in [0.3, 0.4) is 0 Å². The Labute approximate surface area is 136 Å². The molecule has 1 atom stereocenters. The Hall–Kier alpha value is -1.95. The van der Waals surface area contributed by atoms with Gasteiger partial charge in [0.15, 0.2) is 0 Å². The molecule has 1 spiro atoms. The highest BCUT2D eigenvalue weighted by Crippen LogP contribution is 2.38. The van der Waals surface area contributed by atoms with Crippen LogP contribution in [0.1, 0.15) is 35.2 Å². The minimum absolute atomic E-state index is 0.0168. The van der Waals surface area contributed by atoms with Crippen molar-refractivity contribution >= 4 is 11.6 Å². The van der Waals surface area contributed by atoms with Crippen molar-refractivity contribution in [1.29, 1.82) is 0 Å². The third kappa shape index (κ3) is 3.08. The molecule has 0 unspecified atom stereocenters. The second-order valence-electron chi connectivity index (χ2n) is 7.08. The van der Waals surface area contributed by atoms with Crippen LogP contribution in [0.4, 0.5) is 5.69 Å². The molecular formula is C17H23N3O3. The highest BCUT2D eigenvalue weighted by atomic mass is 16.6. The molecule has 2 saturated heterocycles. The van der Waals surface area contributed by atoms with E-state index in [1.807, 2.05) is 4.90 Å². The second-order valence-corrected chi connectivity index (χ2v) is 7.08. The Morgan fingerprint density at radius 2 is 2.04 bits per heavy atom. The first-order valence-corrected chi connectivity index (χ1v) is 8.13. The summed E-state index contributed by atoms with van der Waals surface area (Å²) in [5.74, 6) is -0.0817. The highest BCUT2D eigenvalue weighted by Gasteiger charge is 2.41. The maximum atomic E-state index is 12.8. The number of benzene rings is 1. The van der Waals surface area contributed by atoms with Gasteiger partial charge in [0.1, 0.15) is 0 Å². The molecule has 2 fully saturated rings. The number of aryl methyl sites for hydroxylation is 1. The van der Waals surface area contributed by atoms with Crippen molar-refractivity contribution in [2.75, 3.05) is 33.2 Å². The average molecular weight is 317 g/mol. The average Bonchev–Trinajstić information content (AvgIpc) is 2.87. The maximum absolute atomic E-state index is 12.8. The summed E-state index contributed by atoms with van der Waals surface area (Å²) in [5.41, 5.74) is 1.23. The predicted molar refractivity (Wildman–Crippen MR) is 87.5 cm³/mol. The molecule has 2 heterocycles. The molecule has 124 valence electrons. The predicted octanol–water partition coefficient (Wildman–Crippen LogP) is 2.46. The summed E-state index contributed by atoms with van der Waals surface area (Å²) < 4.78 is 0. The number of carbonyl (C=O) groups excluding carboxylic acids is 1. The first-order valence-electron chi connectivity index (χ1n) is 8.13. The summed E-state index contributed by atoms with van der Waals surface area (Å²) in [5, 5.41) is 11.1. The van der Waals surface area contributed by atoms with E-state index in [2.05, 4.69) is 11.9 Å². The SMILES string of the molecule is Cc1ccc(C(=O)N2CCC[C@]3(CCN(C)C3)C2)cc1[N+](=O)[O-]. The van der Waals surface area contributed by atoms with Crippen molar-refractivity contribution in [2.24, 2.45) is 5.41 Å². The molecule has 6 heteroatoms. The van der Waals surface area contributed by atoms with E-state index >= 15 is 0 Å². The van der Waals surface area contributed by atoms with Crippen LogP contribution in [0.25, 0.3) is 0 Å². The standard InChI is InChI=1S/C17H23N3O3/c1-13-4-5-14(10-15(13)20(22)23)16(21)19-8-3-6-17(12-19)7-9-18(2)11-17/h4-5,10H,3,6-9,11-12H2,1-2H3/t17-/m1/s1. The quantitative estimate of drug-likeness (QED) is 0.621. The van der Waals surface area contributed by atoms with Crippen molar-refractivity contribution in [3.05, 3.63) is 39.4 Å². The number of nitrogens with zero attached hydrogens (tertiary/aromatic N) is 3. The van der Waals surface area contributed by atoms with Crippen molar-refractivity contribution in [3.8, 4) is 0 Å². The molecular weight excluding hydrogens is 294 g/mol. The van der Waals surface area contributed by atoms with Crippen LogP contribution >= 0.6 is 0 Å². The molecule has 0 aromatic heterocycles. The summed E-state index contributed by atoms with van der Waals surface area (Å²) in [6.45, 7) is 5.31. The zero-order valence-electron chi connectivity index (χ0n) is 13.7. The molecule has 3 rings (SSSR count). The zero-order valence-corrected chi connectivity index (χ0v) is 13.7. The van der Waals surface area contributed by atoms with E-state index in [9.17, 15) is 14.9 Å². The number of carbonyl (C=O) groups is 1. The van der Waals surface area contributed by atoms with Gasteiger partial charge in [-0.25, -0.2) is 0 Å². The largest absolute Gasteiger partial charge is 0.338 e. The molecule has 1 aromatic carbocycles. The van der Waals surface area contributed by atoms with E-state index in [4.69, 9.17) is 0 Å². The van der Waals surface area contributed by atoms with Crippen LogP contribution in [-0.4, -0.2) is 53.9 Å². The van der Waals surface area contributed by atoms with Crippen molar-refractivity contribution in [2.45, 2.75) is 26.2 Å². The van der Waals surface area contributed by atoms with E-state index in [-0.39, 0.29) is 17.0 Å². The Morgan fingerprint density at radius 1 is 1.26 bits per heavy atom. The number of hydrogen-bond donors (Lipinski definition) is 0. The van der Waals surface area contributed by atoms with Gasteiger partial charge in [0, 0.05) is 42.2 Å². The normalized spacial score (nSPS) is 25.0. The number of likely N-dealkylation sites (tertiary alicyclic amines) is 2. The van der Waals surface area contributed by atoms with Gasteiger partial charge in [-0.15, -0.1) is 0 Å². The number of nitro groups is 1. The van der Waals surface area contributed by atoms with Crippen molar-refractivity contribution in [3.63, 3.8) is 0 Å². The second kappa shape index (κ2) is 5.92. The molecule has 23 heavy (non-hydrogen) atoms. The van der Waals surface area contributed by atoms with Gasteiger partial charge in [0.2, 0.25) is 0 Å². The van der Waals surface area contributed by atoms with Gasteiger partial charge < -0.3 is 9.80 Å². The van der Waals surface area contributed by atoms with Crippen LogP contribution in [0.15, 0.2) is 18.2 Å². The number of hydrogen-bond acceptors (Lipinski definition) is 4. The smallest absolute Gasteiger partial charge is 0.273 e. The number of piperidine rings is 1. The van der Waals surface area contributed by atoms with Crippen molar-refractivity contribution < 1.29 is 9.72 Å². The van der Waals surface area contributed by atoms with Gasteiger partial charge in [-0.2, -0.15) is 0 Å². The molecule has 0 N–H and O–H groups in total. The lowest BCUT2D eigenvalue weighted by Crippen LogP contribution is -2.47. The highest BCUT2D eigenvalue weighted by molar-refractivity contribution is 5.95. The van der Waals surface area contributed by atoms with Crippen molar-refractivity contribution in [1.82, 2.24) is 9.80 Å². The monoisotopic (exact) mass is 317 g/mol. The Kier molecular flexibility index (Phi) is 4.10. The molecule has 1 amide bonds. The van der Waals surface area contributed by atoms with Gasteiger partial charge in [-0.1, -0.05) is 6.07 Å². The minimum atomic E-state index is -0.421. The summed E-state index contributed by atoms with van der Waals surface area (Å²) in [6.07, 6.45) is 3.30. The number of rotatable bonds is 2. The fourth-order valence-electron chi connectivity index (χ4n) is 3.99. The van der Waals surface area contributed by atoms with Gasteiger partial charge in [0.05, 0.1) is 4.92 Å². The van der Waals surface area contributed by atoms with E-state index in [0.29, 0.717) is 11.1 Å². The van der Waals surface area contributed by atoms with Crippen LogP contribution in [0, 0.1) is 22.5 Å². The third-order valence-corrected chi connectivity index (χ3v) is 5.23. The summed E-state index contributed by atoms with van der Waals surface area (Å²) in [4.78, 5) is 27.7. The van der Waals surface area contributed by atoms with E-state index < -0.39 is 4.92 Å². The lowest BCUT2D eigenvalue weighted by atomic mass is 9.79. The van der Waals surface area contributed by atoms with E-state index in [1.54, 1.807) is 19.1 Å². The molecule has 0 aliphatic carbocycles. The van der Waals surface area contributed by atoms with Crippen LogP contribution in [-0.2, 0) is 0 Å². The minimum Gasteiger partial charge on any atom is -0.338 e. The summed E-state index contributed by atoms with van der Waals surface area (Å²) in [7, 11) is 2.12. The zero-order chi connectivity index (χ0) is 16.6. The van der Waals surface area contributed by atoms with Gasteiger partial charge in [-0.05, 0) is 45.8 Å². The van der Waals surface area contributed by atoms with Crippen LogP contribution in [0.2, 0.25) is 0 Å². The molecule has 0 radical (unpaired) electrons. The lowest BCUT2D eigenvalue weighted by molar-refractivity contribution is -0.385. The molecule has 0 bridgehead atoms. The summed E-state index contributed by atoms with van der Waals surface area (Å²) >= 11 is 0. The first-order chi connectivity index (χ1) is 10.9. The Morgan fingerprint density at radius 3 is 2.70 bits per heavy atom. The van der Waals surface area contributed by atoms with Crippen LogP contribution in [0.5, 0.6) is 0 Å². The lowest BCUT2D eigenvalue weighted by Gasteiger charge is -2.40. The molecule has 1 aromatic rings. The molecule has 2 aliphatic rings. The van der Waals surface area contributed by atoms with Gasteiger partial charge in [-0.3, -0.25) is 14.9 Å².